The Morgan fingerprint density at radius 3 is 2.31 bits per heavy atom. The lowest BCUT2D eigenvalue weighted by Gasteiger charge is -2.09. The molecule has 5 heteroatoms. The Kier molecular flexibility index (Phi) is 8.50. The maximum Gasteiger partial charge on any atom is 0.311 e. The van der Waals surface area contributed by atoms with Gasteiger partial charge >= 0.3 is 5.69 Å². The van der Waals surface area contributed by atoms with E-state index in [4.69, 9.17) is 0 Å². The number of aromatic nitrogens is 1. The molecule has 1 aromatic carbocycles. The first-order chi connectivity index (χ1) is 12.5. The van der Waals surface area contributed by atoms with E-state index in [1.165, 1.54) is 6.07 Å². The number of anilines is 1. The molecule has 0 saturated carbocycles. The fourth-order valence-electron chi connectivity index (χ4n) is 2.01. The average molecular weight is 351 g/mol. The van der Waals surface area contributed by atoms with Crippen molar-refractivity contribution in [1.82, 2.24) is 4.98 Å². The minimum absolute atomic E-state index is 0.0837. The largest absolute Gasteiger partial charge is 0.334 e. The molecule has 0 amide bonds. The average Bonchev–Trinajstić information content (AvgIpc) is 2.67. The lowest BCUT2D eigenvalue weighted by molar-refractivity contribution is -0.384. The van der Waals surface area contributed by atoms with Crippen LogP contribution < -0.4 is 5.32 Å². The highest BCUT2D eigenvalue weighted by atomic mass is 16.6. The highest BCUT2D eigenvalue weighted by Gasteiger charge is 2.17. The van der Waals surface area contributed by atoms with Gasteiger partial charge in [0, 0.05) is 17.3 Å². The monoisotopic (exact) mass is 351 g/mol. The van der Waals surface area contributed by atoms with Gasteiger partial charge in [-0.25, -0.2) is 4.98 Å². The molecule has 0 unspecified atom stereocenters. The van der Waals surface area contributed by atoms with E-state index in [9.17, 15) is 10.1 Å². The SMILES string of the molecule is C=C/C(=C\C=C(C)C)Nc1nc(-c2ccccc2)ccc1[N+](=O)[O-].CC. The summed E-state index contributed by atoms with van der Waals surface area (Å²) in [5.41, 5.74) is 3.21. The molecule has 0 aliphatic heterocycles. The molecule has 1 N–H and O–H groups in total. The van der Waals surface area contributed by atoms with Crippen LogP contribution in [0.2, 0.25) is 0 Å². The van der Waals surface area contributed by atoms with Crippen LogP contribution in [-0.4, -0.2) is 9.91 Å². The van der Waals surface area contributed by atoms with Crippen LogP contribution in [0.15, 0.2) is 78.5 Å². The summed E-state index contributed by atoms with van der Waals surface area (Å²) >= 11 is 0. The number of benzene rings is 1. The molecule has 0 aliphatic carbocycles. The van der Waals surface area contributed by atoms with Gasteiger partial charge in [0.15, 0.2) is 0 Å². The third kappa shape index (κ3) is 6.02. The Bertz CT molecular complexity index is 805. The van der Waals surface area contributed by atoms with E-state index in [0.717, 1.165) is 11.1 Å². The number of allylic oxidation sites excluding steroid dienone is 4. The van der Waals surface area contributed by atoms with Gasteiger partial charge in [-0.2, -0.15) is 0 Å². The summed E-state index contributed by atoms with van der Waals surface area (Å²) in [5.74, 6) is 0.189. The van der Waals surface area contributed by atoms with E-state index in [1.54, 1.807) is 12.1 Å². The molecule has 0 saturated heterocycles. The van der Waals surface area contributed by atoms with Crippen LogP contribution in [0.4, 0.5) is 11.5 Å². The number of pyridine rings is 1. The van der Waals surface area contributed by atoms with Gasteiger partial charge in [0.1, 0.15) is 0 Å². The van der Waals surface area contributed by atoms with Gasteiger partial charge in [-0.15, -0.1) is 0 Å². The molecular formula is C21H25N3O2. The maximum absolute atomic E-state index is 11.3. The smallest absolute Gasteiger partial charge is 0.311 e. The third-order valence-corrected chi connectivity index (χ3v) is 3.22. The van der Waals surface area contributed by atoms with Gasteiger partial charge in [0.25, 0.3) is 0 Å². The Labute approximate surface area is 154 Å². The molecule has 0 spiro atoms. The van der Waals surface area contributed by atoms with Crippen molar-refractivity contribution in [3.05, 3.63) is 88.7 Å². The van der Waals surface area contributed by atoms with E-state index in [2.05, 4.69) is 16.9 Å². The summed E-state index contributed by atoms with van der Waals surface area (Å²) < 4.78 is 0. The predicted molar refractivity (Wildman–Crippen MR) is 109 cm³/mol. The fraction of sp³-hybridized carbons (Fsp3) is 0.190. The number of nitrogens with zero attached hydrogens (tertiary/aromatic N) is 2. The van der Waals surface area contributed by atoms with E-state index >= 15 is 0 Å². The van der Waals surface area contributed by atoms with Crippen LogP contribution in [0.5, 0.6) is 0 Å². The Hall–Kier alpha value is -3.21. The van der Waals surface area contributed by atoms with Crippen LogP contribution in [-0.2, 0) is 0 Å². The van der Waals surface area contributed by atoms with Crippen molar-refractivity contribution in [2.24, 2.45) is 0 Å². The zero-order valence-electron chi connectivity index (χ0n) is 15.7. The van der Waals surface area contributed by atoms with Crippen LogP contribution in [0, 0.1) is 10.1 Å². The number of hydrogen-bond acceptors (Lipinski definition) is 4. The summed E-state index contributed by atoms with van der Waals surface area (Å²) in [6.07, 6.45) is 5.31. The second-order valence-electron chi connectivity index (χ2n) is 5.38. The molecule has 2 aromatic rings. The molecule has 0 atom stereocenters. The summed E-state index contributed by atoms with van der Waals surface area (Å²) in [6.45, 7) is 11.7. The fourth-order valence-corrected chi connectivity index (χ4v) is 2.01. The van der Waals surface area contributed by atoms with Crippen molar-refractivity contribution in [3.63, 3.8) is 0 Å². The predicted octanol–water partition coefficient (Wildman–Crippen LogP) is 6.13. The maximum atomic E-state index is 11.3. The number of nitrogens with one attached hydrogen (secondary N) is 1. The molecule has 136 valence electrons. The lowest BCUT2D eigenvalue weighted by atomic mass is 10.1. The van der Waals surface area contributed by atoms with Crippen LogP contribution in [0.25, 0.3) is 11.3 Å². The molecule has 0 bridgehead atoms. The molecule has 2 rings (SSSR count). The molecule has 1 aromatic heterocycles. The Balaban J connectivity index is 0.00000163. The third-order valence-electron chi connectivity index (χ3n) is 3.22. The summed E-state index contributed by atoms with van der Waals surface area (Å²) in [4.78, 5) is 15.2. The Morgan fingerprint density at radius 1 is 1.12 bits per heavy atom. The number of rotatable bonds is 6. The Morgan fingerprint density at radius 2 is 1.77 bits per heavy atom. The summed E-state index contributed by atoms with van der Waals surface area (Å²) in [7, 11) is 0. The van der Waals surface area contributed by atoms with Crippen molar-refractivity contribution >= 4 is 11.5 Å². The van der Waals surface area contributed by atoms with E-state index in [0.29, 0.717) is 11.4 Å². The minimum atomic E-state index is -0.453. The topological polar surface area (TPSA) is 68.1 Å². The van der Waals surface area contributed by atoms with E-state index in [-0.39, 0.29) is 11.5 Å². The van der Waals surface area contributed by atoms with Gasteiger partial charge in [-0.3, -0.25) is 10.1 Å². The van der Waals surface area contributed by atoms with Crippen molar-refractivity contribution in [1.29, 1.82) is 0 Å². The summed E-state index contributed by atoms with van der Waals surface area (Å²) in [5, 5.41) is 14.3. The van der Waals surface area contributed by atoms with E-state index in [1.807, 2.05) is 70.2 Å². The molecule has 1 heterocycles. The van der Waals surface area contributed by atoms with E-state index < -0.39 is 4.92 Å². The normalized spacial score (nSPS) is 10.2. The quantitative estimate of drug-likeness (QED) is 0.386. The second kappa shape index (κ2) is 10.6. The molecule has 0 radical (unpaired) electrons. The first kappa shape index (κ1) is 20.8. The molecule has 0 aliphatic rings. The lowest BCUT2D eigenvalue weighted by Crippen LogP contribution is -2.04. The zero-order chi connectivity index (χ0) is 19.5. The van der Waals surface area contributed by atoms with Crippen LogP contribution >= 0.6 is 0 Å². The highest BCUT2D eigenvalue weighted by molar-refractivity contribution is 5.68. The molecule has 0 fully saturated rings. The van der Waals surface area contributed by atoms with Crippen molar-refractivity contribution < 1.29 is 4.92 Å². The molecular weight excluding hydrogens is 326 g/mol. The minimum Gasteiger partial charge on any atom is -0.334 e. The van der Waals surface area contributed by atoms with Gasteiger partial charge in [-0.1, -0.05) is 62.4 Å². The van der Waals surface area contributed by atoms with Gasteiger partial charge in [0.2, 0.25) is 5.82 Å². The van der Waals surface area contributed by atoms with Crippen molar-refractivity contribution in [2.75, 3.05) is 5.32 Å². The van der Waals surface area contributed by atoms with Crippen LogP contribution in [0.3, 0.4) is 0 Å². The highest BCUT2D eigenvalue weighted by Crippen LogP contribution is 2.27. The van der Waals surface area contributed by atoms with Gasteiger partial charge in [0.05, 0.1) is 10.6 Å². The van der Waals surface area contributed by atoms with Crippen LogP contribution in [0.1, 0.15) is 27.7 Å². The van der Waals surface area contributed by atoms with Gasteiger partial charge < -0.3 is 5.32 Å². The number of hydrogen-bond donors (Lipinski definition) is 1. The first-order valence-electron chi connectivity index (χ1n) is 8.46. The van der Waals surface area contributed by atoms with Crippen molar-refractivity contribution in [3.8, 4) is 11.3 Å². The summed E-state index contributed by atoms with van der Waals surface area (Å²) in [6, 6.07) is 12.6. The number of nitro groups is 1. The zero-order valence-corrected chi connectivity index (χ0v) is 15.7. The van der Waals surface area contributed by atoms with Crippen molar-refractivity contribution in [2.45, 2.75) is 27.7 Å². The second-order valence-corrected chi connectivity index (χ2v) is 5.38. The molecule has 26 heavy (non-hydrogen) atoms. The van der Waals surface area contributed by atoms with Gasteiger partial charge in [-0.05, 0) is 32.1 Å². The molecule has 5 nitrogen and oxygen atoms in total. The first-order valence-corrected chi connectivity index (χ1v) is 8.46. The standard InChI is InChI=1S/C19H19N3O2.C2H6/c1-4-16(11-10-14(2)3)20-19-18(22(23)24)13-12-17(21-19)15-8-6-5-7-9-15;1-2/h4-13H,1H2,2-3H3,(H,20,21);1-2H3/b16-11+;.